The molecule has 0 saturated heterocycles. The van der Waals surface area contributed by atoms with Crippen LogP contribution in [-0.4, -0.2) is 18.9 Å². The van der Waals surface area contributed by atoms with E-state index in [2.05, 4.69) is 0 Å². The van der Waals surface area contributed by atoms with Crippen molar-refractivity contribution in [3.8, 4) is 0 Å². The average Bonchev–Trinajstić information content (AvgIpc) is 3.41. The fraction of sp³-hybridized carbons (Fsp3) is 0.0909. The number of ether oxygens (including phenoxy) is 1. The third kappa shape index (κ3) is 3.56. The Balaban J connectivity index is 1.54. The summed E-state index contributed by atoms with van der Waals surface area (Å²) in [5.41, 5.74) is 1.88. The van der Waals surface area contributed by atoms with Crippen molar-refractivity contribution in [3.05, 3.63) is 87.4 Å². The molecule has 6 heteroatoms. The molecule has 0 aliphatic carbocycles. The Hall–Kier alpha value is -2.96. The highest BCUT2D eigenvalue weighted by Gasteiger charge is 2.21. The number of hydrogen-bond acceptors (Lipinski definition) is 5. The molecule has 1 amide bonds. The zero-order valence-corrected chi connectivity index (χ0v) is 16.8. The second kappa shape index (κ2) is 7.96. The molecule has 0 saturated carbocycles. The van der Waals surface area contributed by atoms with E-state index in [4.69, 9.17) is 4.74 Å². The van der Waals surface area contributed by atoms with E-state index >= 15 is 0 Å². The van der Waals surface area contributed by atoms with Gasteiger partial charge in [0.05, 0.1) is 16.1 Å². The third-order valence-corrected chi connectivity index (χ3v) is 6.31. The number of rotatable bonds is 5. The lowest BCUT2D eigenvalue weighted by Crippen LogP contribution is -2.27. The van der Waals surface area contributed by atoms with Crippen LogP contribution in [0.15, 0.2) is 71.4 Å². The first kappa shape index (κ1) is 18.4. The molecule has 0 radical (unpaired) electrons. The molecule has 2 aromatic carbocycles. The van der Waals surface area contributed by atoms with Crippen molar-refractivity contribution >= 4 is 50.3 Å². The van der Waals surface area contributed by atoms with Crippen LogP contribution in [0.2, 0.25) is 0 Å². The number of anilines is 1. The van der Waals surface area contributed by atoms with Crippen LogP contribution in [0.4, 0.5) is 5.69 Å². The average molecular weight is 408 g/mol. The van der Waals surface area contributed by atoms with E-state index in [1.54, 1.807) is 48.7 Å². The Kier molecular flexibility index (Phi) is 5.23. The summed E-state index contributed by atoms with van der Waals surface area (Å²) in [7, 11) is 1.67. The van der Waals surface area contributed by atoms with Crippen LogP contribution in [-0.2, 0) is 11.3 Å². The van der Waals surface area contributed by atoms with Gasteiger partial charge in [0.1, 0.15) is 6.61 Å². The SMILES string of the molecule is CN(C(=O)c1cccs1)c1ccccc1C(=O)OCc1csc2ccccc12. The fourth-order valence-electron chi connectivity index (χ4n) is 2.98. The maximum atomic E-state index is 12.8. The van der Waals surface area contributed by atoms with Crippen molar-refractivity contribution in [2.24, 2.45) is 0 Å². The molecule has 0 bridgehead atoms. The fourth-order valence-corrected chi connectivity index (χ4v) is 4.63. The van der Waals surface area contributed by atoms with Crippen LogP contribution in [0.5, 0.6) is 0 Å². The first-order valence-electron chi connectivity index (χ1n) is 8.68. The number of esters is 1. The van der Waals surface area contributed by atoms with E-state index in [0.29, 0.717) is 16.1 Å². The second-order valence-electron chi connectivity index (χ2n) is 6.19. The van der Waals surface area contributed by atoms with Gasteiger partial charge in [-0.15, -0.1) is 22.7 Å². The number of benzene rings is 2. The Morgan fingerprint density at radius 3 is 2.57 bits per heavy atom. The van der Waals surface area contributed by atoms with Crippen LogP contribution in [0, 0.1) is 0 Å². The molecule has 4 aromatic rings. The van der Waals surface area contributed by atoms with Crippen molar-refractivity contribution in [1.29, 1.82) is 0 Å². The molecule has 0 unspecified atom stereocenters. The molecule has 0 spiro atoms. The van der Waals surface area contributed by atoms with E-state index in [1.807, 2.05) is 41.1 Å². The number of fused-ring (bicyclic) bond motifs is 1. The lowest BCUT2D eigenvalue weighted by molar-refractivity contribution is 0.0475. The van der Waals surface area contributed by atoms with Gasteiger partial charge in [0, 0.05) is 17.3 Å². The molecule has 0 fully saturated rings. The van der Waals surface area contributed by atoms with Gasteiger partial charge in [-0.25, -0.2) is 4.79 Å². The molecule has 140 valence electrons. The summed E-state index contributed by atoms with van der Waals surface area (Å²) >= 11 is 3.00. The van der Waals surface area contributed by atoms with Gasteiger partial charge in [-0.3, -0.25) is 4.79 Å². The molecule has 4 rings (SSSR count). The minimum atomic E-state index is -0.447. The molecule has 2 aromatic heterocycles. The molecule has 4 nitrogen and oxygen atoms in total. The van der Waals surface area contributed by atoms with Crippen LogP contribution in [0.1, 0.15) is 25.6 Å². The van der Waals surface area contributed by atoms with Crippen molar-refractivity contribution < 1.29 is 14.3 Å². The van der Waals surface area contributed by atoms with Gasteiger partial charge in [0.25, 0.3) is 5.91 Å². The van der Waals surface area contributed by atoms with Crippen molar-refractivity contribution in [2.75, 3.05) is 11.9 Å². The lowest BCUT2D eigenvalue weighted by Gasteiger charge is -2.19. The molecule has 0 aliphatic rings. The predicted octanol–water partition coefficient (Wildman–Crippen LogP) is 5.60. The highest BCUT2D eigenvalue weighted by molar-refractivity contribution is 7.17. The van der Waals surface area contributed by atoms with Crippen LogP contribution in [0.25, 0.3) is 10.1 Å². The van der Waals surface area contributed by atoms with Gasteiger partial charge in [-0.2, -0.15) is 0 Å². The molecule has 0 atom stereocenters. The summed E-state index contributed by atoms with van der Waals surface area (Å²) in [6.07, 6.45) is 0. The predicted molar refractivity (Wildman–Crippen MR) is 114 cm³/mol. The number of hydrogen-bond donors (Lipinski definition) is 0. The Morgan fingerprint density at radius 2 is 1.75 bits per heavy atom. The summed E-state index contributed by atoms with van der Waals surface area (Å²) in [5.74, 6) is -0.601. The van der Waals surface area contributed by atoms with E-state index in [9.17, 15) is 9.59 Å². The number of para-hydroxylation sites is 1. The van der Waals surface area contributed by atoms with Crippen LogP contribution >= 0.6 is 22.7 Å². The first-order valence-corrected chi connectivity index (χ1v) is 10.4. The van der Waals surface area contributed by atoms with Crippen LogP contribution in [0.3, 0.4) is 0 Å². The quantitative estimate of drug-likeness (QED) is 0.405. The van der Waals surface area contributed by atoms with Gasteiger partial charge in [-0.05, 0) is 40.4 Å². The van der Waals surface area contributed by atoms with Crippen molar-refractivity contribution in [2.45, 2.75) is 6.61 Å². The molecule has 0 aliphatic heterocycles. The Morgan fingerprint density at radius 1 is 0.964 bits per heavy atom. The summed E-state index contributed by atoms with van der Waals surface area (Å²) < 4.78 is 6.74. The highest BCUT2D eigenvalue weighted by atomic mass is 32.1. The van der Waals surface area contributed by atoms with Crippen LogP contribution < -0.4 is 4.90 Å². The van der Waals surface area contributed by atoms with E-state index in [0.717, 1.165) is 15.6 Å². The molecule has 2 heterocycles. The van der Waals surface area contributed by atoms with E-state index in [-0.39, 0.29) is 12.5 Å². The number of carbonyl (C=O) groups excluding carboxylic acids is 2. The van der Waals surface area contributed by atoms with Gasteiger partial charge < -0.3 is 9.64 Å². The van der Waals surface area contributed by atoms with Gasteiger partial charge in [0.2, 0.25) is 0 Å². The maximum absolute atomic E-state index is 12.8. The third-order valence-electron chi connectivity index (χ3n) is 4.44. The number of amides is 1. The van der Waals surface area contributed by atoms with Crippen molar-refractivity contribution in [1.82, 2.24) is 0 Å². The maximum Gasteiger partial charge on any atom is 0.340 e. The zero-order valence-electron chi connectivity index (χ0n) is 15.1. The van der Waals surface area contributed by atoms with Gasteiger partial charge >= 0.3 is 5.97 Å². The normalized spacial score (nSPS) is 10.8. The molecular weight excluding hydrogens is 390 g/mol. The monoisotopic (exact) mass is 407 g/mol. The second-order valence-corrected chi connectivity index (χ2v) is 8.05. The minimum absolute atomic E-state index is 0.154. The molecular formula is C22H17NO3S2. The summed E-state index contributed by atoms with van der Waals surface area (Å²) in [5, 5.41) is 4.96. The Labute approximate surface area is 170 Å². The Bertz CT molecular complexity index is 1130. The first-order chi connectivity index (χ1) is 13.6. The summed E-state index contributed by atoms with van der Waals surface area (Å²) in [6.45, 7) is 0.194. The van der Waals surface area contributed by atoms with Gasteiger partial charge in [0.15, 0.2) is 0 Å². The summed E-state index contributed by atoms with van der Waals surface area (Å²) in [4.78, 5) is 27.5. The number of nitrogens with zero attached hydrogens (tertiary/aromatic N) is 1. The minimum Gasteiger partial charge on any atom is -0.457 e. The number of carbonyl (C=O) groups is 2. The highest BCUT2D eigenvalue weighted by Crippen LogP contribution is 2.27. The molecule has 28 heavy (non-hydrogen) atoms. The van der Waals surface area contributed by atoms with E-state index in [1.165, 1.54) is 16.2 Å². The standard InChI is InChI=1S/C22H17NO3S2/c1-23(21(24)20-11-6-12-27-20)18-9-4-2-8-17(18)22(25)26-13-15-14-28-19-10-5-3-7-16(15)19/h2-12,14H,13H2,1H3. The smallest absolute Gasteiger partial charge is 0.340 e. The zero-order chi connectivity index (χ0) is 19.5. The lowest BCUT2D eigenvalue weighted by atomic mass is 10.1. The van der Waals surface area contributed by atoms with Gasteiger partial charge in [-0.1, -0.05) is 36.4 Å². The van der Waals surface area contributed by atoms with Crippen molar-refractivity contribution in [3.63, 3.8) is 0 Å². The topological polar surface area (TPSA) is 46.6 Å². The largest absolute Gasteiger partial charge is 0.457 e. The number of thiophene rings is 2. The summed E-state index contributed by atoms with van der Waals surface area (Å²) in [6, 6.07) is 18.6. The van der Waals surface area contributed by atoms with E-state index < -0.39 is 5.97 Å². The molecule has 0 N–H and O–H groups in total.